The second-order valence-corrected chi connectivity index (χ2v) is 10.4. The zero-order chi connectivity index (χ0) is 30.4. The van der Waals surface area contributed by atoms with Gasteiger partial charge in [-0.1, -0.05) is 6.07 Å². The van der Waals surface area contributed by atoms with Gasteiger partial charge in [-0.15, -0.1) is 0 Å². The minimum absolute atomic E-state index is 0.0356. The fourth-order valence-electron chi connectivity index (χ4n) is 5.19. The molecule has 12 heteroatoms. The maximum Gasteiger partial charge on any atom is 0.340 e. The van der Waals surface area contributed by atoms with Crippen LogP contribution in [0.2, 0.25) is 0 Å². The van der Waals surface area contributed by atoms with E-state index in [1.54, 1.807) is 44.2 Å². The Morgan fingerprint density at radius 1 is 1.14 bits per heavy atom. The number of H-pyrrole nitrogens is 1. The van der Waals surface area contributed by atoms with Crippen molar-refractivity contribution in [2.24, 2.45) is 5.92 Å². The van der Waals surface area contributed by atoms with Crippen LogP contribution in [0, 0.1) is 26.7 Å². The summed E-state index contributed by atoms with van der Waals surface area (Å²) in [6, 6.07) is 7.61. The molecule has 222 valence electrons. The minimum Gasteiger partial charge on any atom is -0.496 e. The van der Waals surface area contributed by atoms with Gasteiger partial charge in [0, 0.05) is 29.1 Å². The highest BCUT2D eigenvalue weighted by molar-refractivity contribution is 6.01. The monoisotopic (exact) mass is 577 g/mol. The van der Waals surface area contributed by atoms with E-state index in [0.29, 0.717) is 40.9 Å². The molecular weight excluding hydrogens is 542 g/mol. The summed E-state index contributed by atoms with van der Waals surface area (Å²) >= 11 is 0. The first-order valence-electron chi connectivity index (χ1n) is 13.7. The lowest BCUT2D eigenvalue weighted by Gasteiger charge is -2.26. The number of ether oxygens (including phenoxy) is 2. The Balaban J connectivity index is 1.40. The number of hydrogen-bond donors (Lipinski definition) is 4. The van der Waals surface area contributed by atoms with Gasteiger partial charge in [0.1, 0.15) is 11.4 Å². The number of hydrogen-bond acceptors (Lipinski definition) is 8. The summed E-state index contributed by atoms with van der Waals surface area (Å²) in [6.45, 7) is 4.78. The Morgan fingerprint density at radius 3 is 2.64 bits per heavy atom. The first-order valence-corrected chi connectivity index (χ1v) is 13.7. The fraction of sp³-hybridized carbons (Fsp3) is 0.400. The summed E-state index contributed by atoms with van der Waals surface area (Å²) in [4.78, 5) is 71.2. The summed E-state index contributed by atoms with van der Waals surface area (Å²) in [7, 11) is 1.53. The molecule has 4 N–H and O–H groups in total. The van der Waals surface area contributed by atoms with E-state index in [4.69, 9.17) is 9.47 Å². The predicted molar refractivity (Wildman–Crippen MR) is 153 cm³/mol. The number of Topliss-reactive ketones (excluding diaryl/α,β-unsaturated/α-hetero) is 1. The number of pyridine rings is 1. The standard InChI is InChI=1S/C30H35N5O7/c1-16-11-17(2)33-18(3)27(16)30(40)42-15-24(36)22(12-19-7-6-10-31-28(19)38)35-26(37)14-32-29(39)23-13-20-21(34-23)8-5-9-25(20)41-4/h5,8-9,11,13,19,22,34H,6-7,10,12,14-15H2,1-4H3,(H,31,38)(H,32,39)(H,35,37)/t19-,22-/m0/s1. The SMILES string of the molecule is COc1cccc2[nH]c(C(=O)NCC(=O)N[C@@H](C[C@@H]3CCCNC3=O)C(=O)COC(=O)c3c(C)cc(C)nc3C)cc12. The van der Waals surface area contributed by atoms with Crippen molar-refractivity contribution in [3.63, 3.8) is 0 Å². The summed E-state index contributed by atoms with van der Waals surface area (Å²) in [5.41, 5.74) is 3.11. The molecule has 2 aromatic heterocycles. The molecule has 3 aromatic rings. The normalized spacial score (nSPS) is 15.4. The number of aromatic nitrogens is 2. The van der Waals surface area contributed by atoms with Gasteiger partial charge < -0.3 is 30.4 Å². The van der Waals surface area contributed by atoms with E-state index >= 15 is 0 Å². The average Bonchev–Trinajstić information content (AvgIpc) is 3.39. The Kier molecular flexibility index (Phi) is 9.56. The van der Waals surface area contributed by atoms with Crippen molar-refractivity contribution < 1.29 is 33.4 Å². The highest BCUT2D eigenvalue weighted by atomic mass is 16.5. The Labute approximate surface area is 242 Å². The molecular formula is C30H35N5O7. The first kappa shape index (κ1) is 30.2. The molecule has 0 unspecified atom stereocenters. The van der Waals surface area contributed by atoms with Gasteiger partial charge in [0.25, 0.3) is 5.91 Å². The van der Waals surface area contributed by atoms with Gasteiger partial charge in [-0.05, 0) is 69.9 Å². The molecule has 12 nitrogen and oxygen atoms in total. The molecule has 0 bridgehead atoms. The lowest BCUT2D eigenvalue weighted by atomic mass is 9.90. The smallest absolute Gasteiger partial charge is 0.340 e. The Bertz CT molecular complexity index is 1510. The Morgan fingerprint density at radius 2 is 1.93 bits per heavy atom. The number of nitrogens with zero attached hydrogens (tertiary/aromatic N) is 1. The number of carbonyl (C=O) groups is 5. The van der Waals surface area contributed by atoms with Crippen LogP contribution in [0.5, 0.6) is 5.75 Å². The lowest BCUT2D eigenvalue weighted by molar-refractivity contribution is -0.132. The number of aromatic amines is 1. The molecule has 0 saturated carbocycles. The molecule has 1 aromatic carbocycles. The third-order valence-electron chi connectivity index (χ3n) is 7.22. The van der Waals surface area contributed by atoms with E-state index in [2.05, 4.69) is 25.9 Å². The topological polar surface area (TPSA) is 169 Å². The van der Waals surface area contributed by atoms with Crippen LogP contribution in [0.3, 0.4) is 0 Å². The molecule has 3 heterocycles. The van der Waals surface area contributed by atoms with Crippen molar-refractivity contribution >= 4 is 40.4 Å². The molecule has 2 atom stereocenters. The Hall–Kier alpha value is -4.74. The third kappa shape index (κ3) is 7.12. The van der Waals surface area contributed by atoms with Gasteiger partial charge in [-0.3, -0.25) is 24.2 Å². The third-order valence-corrected chi connectivity index (χ3v) is 7.22. The van der Waals surface area contributed by atoms with Crippen molar-refractivity contribution in [1.82, 2.24) is 25.9 Å². The van der Waals surface area contributed by atoms with Crippen LogP contribution < -0.4 is 20.7 Å². The average molecular weight is 578 g/mol. The van der Waals surface area contributed by atoms with Crippen LogP contribution in [-0.4, -0.2) is 72.3 Å². The van der Waals surface area contributed by atoms with Gasteiger partial charge >= 0.3 is 5.97 Å². The zero-order valence-electron chi connectivity index (χ0n) is 24.1. The summed E-state index contributed by atoms with van der Waals surface area (Å²) in [5.74, 6) is -2.53. The highest BCUT2D eigenvalue weighted by Crippen LogP contribution is 2.26. The predicted octanol–water partition coefficient (Wildman–Crippen LogP) is 2.05. The number of esters is 1. The van der Waals surface area contributed by atoms with Crippen LogP contribution in [0.1, 0.15) is 57.1 Å². The van der Waals surface area contributed by atoms with Gasteiger partial charge in [-0.2, -0.15) is 0 Å². The van der Waals surface area contributed by atoms with Crippen LogP contribution >= 0.6 is 0 Å². The van der Waals surface area contributed by atoms with E-state index in [1.165, 1.54) is 7.11 Å². The van der Waals surface area contributed by atoms with E-state index in [1.807, 2.05) is 6.92 Å². The number of piperidine rings is 1. The summed E-state index contributed by atoms with van der Waals surface area (Å²) in [5, 5.41) is 8.64. The second-order valence-electron chi connectivity index (χ2n) is 10.4. The molecule has 1 saturated heterocycles. The van der Waals surface area contributed by atoms with Crippen LogP contribution in [-0.2, 0) is 19.1 Å². The number of nitrogens with one attached hydrogen (secondary N) is 4. The number of carbonyl (C=O) groups excluding carboxylic acids is 5. The maximum atomic E-state index is 13.2. The largest absolute Gasteiger partial charge is 0.496 e. The molecule has 42 heavy (non-hydrogen) atoms. The molecule has 0 aliphatic carbocycles. The zero-order valence-corrected chi connectivity index (χ0v) is 24.1. The molecule has 1 aliphatic heterocycles. The number of methoxy groups -OCH3 is 1. The molecule has 1 aliphatic rings. The molecule has 0 radical (unpaired) electrons. The first-order chi connectivity index (χ1) is 20.1. The second kappa shape index (κ2) is 13.3. The van der Waals surface area contributed by atoms with E-state index in [-0.39, 0.29) is 23.6 Å². The summed E-state index contributed by atoms with van der Waals surface area (Å²) in [6.07, 6.45) is 1.33. The quantitative estimate of drug-likeness (QED) is 0.251. The highest BCUT2D eigenvalue weighted by Gasteiger charge is 2.31. The van der Waals surface area contributed by atoms with Gasteiger partial charge in [0.05, 0.1) is 31.0 Å². The van der Waals surface area contributed by atoms with E-state index in [0.717, 1.165) is 12.1 Å². The number of rotatable bonds is 11. The van der Waals surface area contributed by atoms with Crippen LogP contribution in [0.4, 0.5) is 0 Å². The van der Waals surface area contributed by atoms with Gasteiger partial charge in [0.15, 0.2) is 12.4 Å². The number of fused-ring (bicyclic) bond motifs is 1. The minimum atomic E-state index is -1.10. The van der Waals surface area contributed by atoms with Crippen molar-refractivity contribution in [1.29, 1.82) is 0 Å². The number of aryl methyl sites for hydroxylation is 3. The molecule has 4 rings (SSSR count). The summed E-state index contributed by atoms with van der Waals surface area (Å²) < 4.78 is 10.6. The number of amides is 3. The van der Waals surface area contributed by atoms with E-state index < -0.39 is 48.7 Å². The van der Waals surface area contributed by atoms with Gasteiger partial charge in [0.2, 0.25) is 11.8 Å². The van der Waals surface area contributed by atoms with Crippen molar-refractivity contribution in [2.45, 2.75) is 46.1 Å². The lowest BCUT2D eigenvalue weighted by Crippen LogP contribution is -2.49. The van der Waals surface area contributed by atoms with Crippen LogP contribution in [0.15, 0.2) is 30.3 Å². The molecule has 0 spiro atoms. The number of ketones is 1. The van der Waals surface area contributed by atoms with Crippen molar-refractivity contribution in [3.8, 4) is 5.75 Å². The van der Waals surface area contributed by atoms with Crippen molar-refractivity contribution in [2.75, 3.05) is 26.8 Å². The molecule has 3 amide bonds. The fourth-order valence-corrected chi connectivity index (χ4v) is 5.19. The van der Waals surface area contributed by atoms with Crippen LogP contribution in [0.25, 0.3) is 10.9 Å². The van der Waals surface area contributed by atoms with Crippen molar-refractivity contribution in [3.05, 3.63) is 58.5 Å². The molecule has 1 fully saturated rings. The maximum absolute atomic E-state index is 13.2. The van der Waals surface area contributed by atoms with Gasteiger partial charge in [-0.25, -0.2) is 4.79 Å². The number of benzene rings is 1. The van der Waals surface area contributed by atoms with E-state index in [9.17, 15) is 24.0 Å².